The van der Waals surface area contributed by atoms with Crippen molar-refractivity contribution in [2.24, 2.45) is 0 Å². The van der Waals surface area contributed by atoms with Crippen LogP contribution >= 0.6 is 0 Å². The minimum Gasteiger partial charge on any atom is -0.489 e. The molecular formula is C29H31FN4O3. The lowest BCUT2D eigenvalue weighted by Gasteiger charge is -2.34. The van der Waals surface area contributed by atoms with Gasteiger partial charge in [0.05, 0.1) is 11.3 Å². The number of anilines is 1. The topological polar surface area (TPSA) is 87.5 Å². The predicted octanol–water partition coefficient (Wildman–Crippen LogP) is 5.83. The molecule has 0 atom stereocenters. The van der Waals surface area contributed by atoms with Crippen molar-refractivity contribution < 1.29 is 18.7 Å². The summed E-state index contributed by atoms with van der Waals surface area (Å²) in [7, 11) is 0. The third kappa shape index (κ3) is 7.20. The molecule has 0 saturated carbocycles. The number of nitrogens with one attached hydrogen (secondary N) is 1. The SMILES string of the molecule is CC(C)(C)OC(=O)NC1CCN(c2cc(OCc3ccccc3)cc(-c3ccc(C#N)c(F)c3)n2)CC1. The van der Waals surface area contributed by atoms with E-state index in [0.717, 1.165) is 18.4 Å². The van der Waals surface area contributed by atoms with Crippen LogP contribution in [0.1, 0.15) is 44.7 Å². The molecule has 3 aromatic rings. The monoisotopic (exact) mass is 502 g/mol. The second-order valence-corrected chi connectivity index (χ2v) is 10.0. The molecule has 0 radical (unpaired) electrons. The summed E-state index contributed by atoms with van der Waals surface area (Å²) in [6.45, 7) is 7.25. The number of piperidine rings is 1. The van der Waals surface area contributed by atoms with Crippen LogP contribution in [0.3, 0.4) is 0 Å². The average Bonchev–Trinajstić information content (AvgIpc) is 2.87. The zero-order chi connectivity index (χ0) is 26.4. The predicted molar refractivity (Wildman–Crippen MR) is 140 cm³/mol. The third-order valence-corrected chi connectivity index (χ3v) is 5.96. The summed E-state index contributed by atoms with van der Waals surface area (Å²) in [6, 6.07) is 19.8. The Morgan fingerprint density at radius 2 is 1.86 bits per heavy atom. The summed E-state index contributed by atoms with van der Waals surface area (Å²) < 4.78 is 25.8. The van der Waals surface area contributed by atoms with Crippen LogP contribution in [0.15, 0.2) is 60.7 Å². The molecule has 1 amide bonds. The highest BCUT2D eigenvalue weighted by Crippen LogP contribution is 2.30. The zero-order valence-corrected chi connectivity index (χ0v) is 21.3. The highest BCUT2D eigenvalue weighted by molar-refractivity contribution is 5.68. The van der Waals surface area contributed by atoms with E-state index in [2.05, 4.69) is 10.2 Å². The van der Waals surface area contributed by atoms with Crippen molar-refractivity contribution in [3.8, 4) is 23.1 Å². The molecule has 0 unspecified atom stereocenters. The number of hydrogen-bond acceptors (Lipinski definition) is 6. The second kappa shape index (κ2) is 11.3. The lowest BCUT2D eigenvalue weighted by atomic mass is 10.0. The Bertz CT molecular complexity index is 1280. The Morgan fingerprint density at radius 3 is 2.51 bits per heavy atom. The number of alkyl carbamates (subject to hydrolysis) is 1. The maximum atomic E-state index is 14.4. The second-order valence-electron chi connectivity index (χ2n) is 10.0. The van der Waals surface area contributed by atoms with Crippen LogP contribution in [0.25, 0.3) is 11.3 Å². The first-order valence-corrected chi connectivity index (χ1v) is 12.3. The van der Waals surface area contributed by atoms with Gasteiger partial charge in [-0.05, 0) is 51.3 Å². The Balaban J connectivity index is 1.53. The zero-order valence-electron chi connectivity index (χ0n) is 21.3. The summed E-state index contributed by atoms with van der Waals surface area (Å²) in [4.78, 5) is 19.1. The lowest BCUT2D eigenvalue weighted by Crippen LogP contribution is -2.46. The lowest BCUT2D eigenvalue weighted by molar-refractivity contribution is 0.0497. The van der Waals surface area contributed by atoms with Gasteiger partial charge in [0.1, 0.15) is 35.7 Å². The van der Waals surface area contributed by atoms with Crippen molar-refractivity contribution in [2.45, 2.75) is 51.9 Å². The minimum atomic E-state index is -0.590. The van der Waals surface area contributed by atoms with Gasteiger partial charge in [-0.3, -0.25) is 0 Å². The first-order valence-electron chi connectivity index (χ1n) is 12.3. The third-order valence-electron chi connectivity index (χ3n) is 5.96. The van der Waals surface area contributed by atoms with E-state index in [1.165, 1.54) is 12.1 Å². The number of pyridine rings is 1. The summed E-state index contributed by atoms with van der Waals surface area (Å²) in [5, 5.41) is 12.0. The van der Waals surface area contributed by atoms with Gasteiger partial charge in [0.25, 0.3) is 0 Å². The van der Waals surface area contributed by atoms with E-state index >= 15 is 0 Å². The first kappa shape index (κ1) is 26.0. The van der Waals surface area contributed by atoms with E-state index < -0.39 is 17.5 Å². The first-order chi connectivity index (χ1) is 17.7. The van der Waals surface area contributed by atoms with Gasteiger partial charge in [-0.2, -0.15) is 5.26 Å². The molecule has 1 aliphatic rings. The molecule has 1 aromatic heterocycles. The number of carbonyl (C=O) groups is 1. The summed E-state index contributed by atoms with van der Waals surface area (Å²) in [6.07, 6.45) is 1.05. The molecule has 7 nitrogen and oxygen atoms in total. The molecule has 1 fully saturated rings. The normalized spacial score (nSPS) is 14.1. The van der Waals surface area contributed by atoms with Crippen LogP contribution < -0.4 is 15.0 Å². The van der Waals surface area contributed by atoms with Gasteiger partial charge in [0, 0.05) is 36.8 Å². The van der Waals surface area contributed by atoms with Crippen LogP contribution in [0.2, 0.25) is 0 Å². The molecule has 37 heavy (non-hydrogen) atoms. The quantitative estimate of drug-likeness (QED) is 0.456. The molecule has 4 rings (SSSR count). The molecule has 0 bridgehead atoms. The van der Waals surface area contributed by atoms with Crippen LogP contribution in [-0.4, -0.2) is 35.8 Å². The van der Waals surface area contributed by atoms with Crippen LogP contribution in [0.4, 0.5) is 15.0 Å². The van der Waals surface area contributed by atoms with E-state index in [0.29, 0.717) is 42.5 Å². The molecule has 0 spiro atoms. The highest BCUT2D eigenvalue weighted by Gasteiger charge is 2.25. The summed E-state index contributed by atoms with van der Waals surface area (Å²) in [5.41, 5.74) is 1.58. The number of halogens is 1. The van der Waals surface area contributed by atoms with E-state index in [9.17, 15) is 9.18 Å². The fourth-order valence-corrected chi connectivity index (χ4v) is 4.12. The molecular weight excluding hydrogens is 471 g/mol. The molecule has 192 valence electrons. The van der Waals surface area contributed by atoms with E-state index in [1.54, 1.807) is 12.1 Å². The molecule has 0 aliphatic carbocycles. The van der Waals surface area contributed by atoms with Crippen LogP contribution in [-0.2, 0) is 11.3 Å². The number of ether oxygens (including phenoxy) is 2. The fraction of sp³-hybridized carbons (Fsp3) is 0.345. The smallest absolute Gasteiger partial charge is 0.407 e. The van der Waals surface area contributed by atoms with Gasteiger partial charge in [-0.1, -0.05) is 36.4 Å². The van der Waals surface area contributed by atoms with Gasteiger partial charge in [-0.25, -0.2) is 14.2 Å². The Labute approximate surface area is 216 Å². The van der Waals surface area contributed by atoms with Crippen molar-refractivity contribution >= 4 is 11.9 Å². The number of amides is 1. The summed E-state index contributed by atoms with van der Waals surface area (Å²) in [5.74, 6) is 0.733. The number of carbonyl (C=O) groups excluding carboxylic acids is 1. The average molecular weight is 503 g/mol. The molecule has 1 N–H and O–H groups in total. The number of nitriles is 1. The van der Waals surface area contributed by atoms with Crippen molar-refractivity contribution in [1.29, 1.82) is 5.26 Å². The van der Waals surface area contributed by atoms with Gasteiger partial charge >= 0.3 is 6.09 Å². The molecule has 8 heteroatoms. The number of nitrogens with zero attached hydrogens (tertiary/aromatic N) is 3. The van der Waals surface area contributed by atoms with Gasteiger partial charge in [-0.15, -0.1) is 0 Å². The van der Waals surface area contributed by atoms with Crippen LogP contribution in [0.5, 0.6) is 5.75 Å². The number of hydrogen-bond donors (Lipinski definition) is 1. The van der Waals surface area contributed by atoms with Gasteiger partial charge < -0.3 is 19.7 Å². The highest BCUT2D eigenvalue weighted by atomic mass is 19.1. The number of rotatable bonds is 6. The van der Waals surface area contributed by atoms with Crippen molar-refractivity contribution in [3.05, 3.63) is 77.6 Å². The molecule has 2 heterocycles. The summed E-state index contributed by atoms with van der Waals surface area (Å²) >= 11 is 0. The van der Waals surface area contributed by atoms with E-state index in [4.69, 9.17) is 19.7 Å². The van der Waals surface area contributed by atoms with Crippen LogP contribution in [0, 0.1) is 17.1 Å². The van der Waals surface area contributed by atoms with Gasteiger partial charge in [0.15, 0.2) is 0 Å². The van der Waals surface area contributed by atoms with Crippen molar-refractivity contribution in [1.82, 2.24) is 10.3 Å². The standard InChI is InChI=1S/C29H31FN4O3/c1-29(2,3)37-28(35)32-23-11-13-34(14-12-23)27-17-24(36-19-20-7-5-4-6-8-20)16-26(33-27)21-9-10-22(18-31)25(30)15-21/h4-10,15-17,23H,11-14,19H2,1-3H3,(H,32,35). The maximum Gasteiger partial charge on any atom is 0.407 e. The Morgan fingerprint density at radius 1 is 1.14 bits per heavy atom. The van der Waals surface area contributed by atoms with E-state index in [-0.39, 0.29) is 11.6 Å². The van der Waals surface area contributed by atoms with E-state index in [1.807, 2.05) is 63.2 Å². The van der Waals surface area contributed by atoms with Gasteiger partial charge in [0.2, 0.25) is 0 Å². The Kier molecular flexibility index (Phi) is 7.92. The minimum absolute atomic E-state index is 0.00991. The fourth-order valence-electron chi connectivity index (χ4n) is 4.12. The van der Waals surface area contributed by atoms with Crippen molar-refractivity contribution in [2.75, 3.05) is 18.0 Å². The number of aromatic nitrogens is 1. The molecule has 1 aliphatic heterocycles. The Hall–Kier alpha value is -4.12. The largest absolute Gasteiger partial charge is 0.489 e. The maximum absolute atomic E-state index is 14.4. The van der Waals surface area contributed by atoms with Crippen molar-refractivity contribution in [3.63, 3.8) is 0 Å². The number of benzene rings is 2. The molecule has 2 aromatic carbocycles. The molecule has 1 saturated heterocycles.